The van der Waals surface area contributed by atoms with Crippen molar-refractivity contribution in [3.63, 3.8) is 0 Å². The quantitative estimate of drug-likeness (QED) is 0.885. The van der Waals surface area contributed by atoms with Crippen molar-refractivity contribution < 1.29 is 4.79 Å². The van der Waals surface area contributed by atoms with E-state index in [9.17, 15) is 4.79 Å². The standard InChI is InChI=1S/C12H12N2OS/c1-9(15)16-7-3-5-10-4-2-6-12-11(10)8-13-14-12/h2-6,8H,7H2,1H3,(H,13,14). The van der Waals surface area contributed by atoms with Crippen LogP contribution in [0.15, 0.2) is 30.5 Å². The fourth-order valence-corrected chi connectivity index (χ4v) is 1.90. The van der Waals surface area contributed by atoms with Gasteiger partial charge in [0, 0.05) is 18.1 Å². The summed E-state index contributed by atoms with van der Waals surface area (Å²) in [5.74, 6) is 0.712. The summed E-state index contributed by atoms with van der Waals surface area (Å²) in [7, 11) is 0. The maximum absolute atomic E-state index is 10.7. The van der Waals surface area contributed by atoms with Gasteiger partial charge in [-0.25, -0.2) is 0 Å². The van der Waals surface area contributed by atoms with Crippen LogP contribution in [0.4, 0.5) is 0 Å². The van der Waals surface area contributed by atoms with Gasteiger partial charge in [0.2, 0.25) is 0 Å². The fourth-order valence-electron chi connectivity index (χ4n) is 1.48. The van der Waals surface area contributed by atoms with Crippen molar-refractivity contribution in [2.75, 3.05) is 5.75 Å². The van der Waals surface area contributed by atoms with E-state index in [-0.39, 0.29) is 5.12 Å². The lowest BCUT2D eigenvalue weighted by Crippen LogP contribution is -1.81. The Bertz CT molecular complexity index is 531. The lowest BCUT2D eigenvalue weighted by molar-refractivity contribution is -0.109. The Balaban J connectivity index is 2.14. The predicted octanol–water partition coefficient (Wildman–Crippen LogP) is 2.86. The van der Waals surface area contributed by atoms with Crippen LogP contribution in [0.2, 0.25) is 0 Å². The summed E-state index contributed by atoms with van der Waals surface area (Å²) in [6.45, 7) is 1.58. The van der Waals surface area contributed by atoms with Gasteiger partial charge in [-0.15, -0.1) is 0 Å². The number of nitrogens with zero attached hydrogens (tertiary/aromatic N) is 1. The highest BCUT2D eigenvalue weighted by molar-refractivity contribution is 8.13. The van der Waals surface area contributed by atoms with Gasteiger partial charge in [0.1, 0.15) is 0 Å². The molecular weight excluding hydrogens is 220 g/mol. The monoisotopic (exact) mass is 232 g/mol. The van der Waals surface area contributed by atoms with Crippen molar-refractivity contribution in [1.29, 1.82) is 0 Å². The molecule has 0 fully saturated rings. The average molecular weight is 232 g/mol. The van der Waals surface area contributed by atoms with Crippen molar-refractivity contribution >= 4 is 33.9 Å². The predicted molar refractivity (Wildman–Crippen MR) is 68.3 cm³/mol. The molecule has 16 heavy (non-hydrogen) atoms. The maximum Gasteiger partial charge on any atom is 0.186 e. The molecule has 0 bridgehead atoms. The molecule has 0 aliphatic heterocycles. The average Bonchev–Trinajstić information content (AvgIpc) is 2.72. The SMILES string of the molecule is CC(=O)SCC=Cc1cccc2[nH]ncc12. The largest absolute Gasteiger partial charge is 0.288 e. The van der Waals surface area contributed by atoms with Gasteiger partial charge in [-0.2, -0.15) is 5.10 Å². The fraction of sp³-hybridized carbons (Fsp3) is 0.167. The third kappa shape index (κ3) is 2.52. The summed E-state index contributed by atoms with van der Waals surface area (Å²) in [5, 5.41) is 8.17. The second-order valence-electron chi connectivity index (χ2n) is 3.38. The van der Waals surface area contributed by atoms with Gasteiger partial charge < -0.3 is 0 Å². The van der Waals surface area contributed by atoms with Crippen LogP contribution >= 0.6 is 11.8 Å². The minimum Gasteiger partial charge on any atom is -0.288 e. The van der Waals surface area contributed by atoms with E-state index in [1.807, 2.05) is 36.5 Å². The van der Waals surface area contributed by atoms with Crippen LogP contribution in [0.3, 0.4) is 0 Å². The first-order chi connectivity index (χ1) is 7.77. The van der Waals surface area contributed by atoms with E-state index >= 15 is 0 Å². The number of fused-ring (bicyclic) bond motifs is 1. The normalized spacial score (nSPS) is 11.3. The molecule has 3 nitrogen and oxygen atoms in total. The molecule has 82 valence electrons. The molecular formula is C12H12N2OS. The molecule has 1 aromatic carbocycles. The van der Waals surface area contributed by atoms with Gasteiger partial charge >= 0.3 is 0 Å². The molecule has 0 atom stereocenters. The van der Waals surface area contributed by atoms with Gasteiger partial charge in [-0.05, 0) is 11.6 Å². The Hall–Kier alpha value is -1.55. The molecule has 0 saturated heterocycles. The Morgan fingerprint density at radius 2 is 2.44 bits per heavy atom. The first kappa shape index (κ1) is 11.0. The molecule has 0 unspecified atom stereocenters. The van der Waals surface area contributed by atoms with Crippen LogP contribution in [-0.2, 0) is 4.79 Å². The molecule has 2 rings (SSSR count). The number of hydrogen-bond acceptors (Lipinski definition) is 3. The number of carbonyl (C=O) groups is 1. The molecule has 0 radical (unpaired) electrons. The minimum atomic E-state index is 0.145. The van der Waals surface area contributed by atoms with E-state index in [1.165, 1.54) is 11.8 Å². The first-order valence-electron chi connectivity index (χ1n) is 4.99. The van der Waals surface area contributed by atoms with E-state index in [1.54, 1.807) is 6.92 Å². The Kier molecular flexibility index (Phi) is 3.41. The van der Waals surface area contributed by atoms with Crippen molar-refractivity contribution in [2.24, 2.45) is 0 Å². The molecule has 1 heterocycles. The Morgan fingerprint density at radius 1 is 1.56 bits per heavy atom. The molecule has 0 saturated carbocycles. The molecule has 4 heteroatoms. The minimum absolute atomic E-state index is 0.145. The van der Waals surface area contributed by atoms with Gasteiger partial charge in [0.15, 0.2) is 5.12 Å². The van der Waals surface area contributed by atoms with Gasteiger partial charge in [0.25, 0.3) is 0 Å². The number of carbonyl (C=O) groups excluding carboxylic acids is 1. The second kappa shape index (κ2) is 4.99. The lowest BCUT2D eigenvalue weighted by Gasteiger charge is -1.95. The Morgan fingerprint density at radius 3 is 3.25 bits per heavy atom. The zero-order valence-electron chi connectivity index (χ0n) is 8.93. The van der Waals surface area contributed by atoms with Crippen molar-refractivity contribution in [1.82, 2.24) is 10.2 Å². The summed E-state index contributed by atoms with van der Waals surface area (Å²) < 4.78 is 0. The summed E-state index contributed by atoms with van der Waals surface area (Å²) in [6.07, 6.45) is 5.83. The van der Waals surface area contributed by atoms with E-state index < -0.39 is 0 Å². The third-order valence-electron chi connectivity index (χ3n) is 2.20. The van der Waals surface area contributed by atoms with Crippen LogP contribution in [0.25, 0.3) is 17.0 Å². The number of benzene rings is 1. The molecule has 1 N–H and O–H groups in total. The van der Waals surface area contributed by atoms with E-state index in [0.717, 1.165) is 16.5 Å². The van der Waals surface area contributed by atoms with Crippen LogP contribution in [0.5, 0.6) is 0 Å². The van der Waals surface area contributed by atoms with E-state index in [2.05, 4.69) is 10.2 Å². The number of rotatable bonds is 3. The smallest absolute Gasteiger partial charge is 0.186 e. The summed E-state index contributed by atoms with van der Waals surface area (Å²) in [4.78, 5) is 10.7. The van der Waals surface area contributed by atoms with Crippen LogP contribution in [-0.4, -0.2) is 21.1 Å². The van der Waals surface area contributed by atoms with Crippen molar-refractivity contribution in [3.8, 4) is 0 Å². The van der Waals surface area contributed by atoms with Crippen LogP contribution in [0.1, 0.15) is 12.5 Å². The number of hydrogen-bond donors (Lipinski definition) is 1. The van der Waals surface area contributed by atoms with Crippen LogP contribution < -0.4 is 0 Å². The molecule has 2 aromatic rings. The highest BCUT2D eigenvalue weighted by Crippen LogP contribution is 2.17. The van der Waals surface area contributed by atoms with Crippen LogP contribution in [0, 0.1) is 0 Å². The van der Waals surface area contributed by atoms with Gasteiger partial charge in [0.05, 0.1) is 11.7 Å². The molecule has 0 aliphatic rings. The van der Waals surface area contributed by atoms with Gasteiger partial charge in [-0.1, -0.05) is 36.0 Å². The zero-order valence-corrected chi connectivity index (χ0v) is 9.75. The lowest BCUT2D eigenvalue weighted by atomic mass is 10.1. The number of H-pyrrole nitrogens is 1. The van der Waals surface area contributed by atoms with E-state index in [4.69, 9.17) is 0 Å². The Labute approximate surface area is 97.9 Å². The third-order valence-corrected chi connectivity index (χ3v) is 2.96. The van der Waals surface area contributed by atoms with E-state index in [0.29, 0.717) is 5.75 Å². The number of thioether (sulfide) groups is 1. The topological polar surface area (TPSA) is 45.8 Å². The number of aromatic amines is 1. The molecule has 1 aromatic heterocycles. The summed E-state index contributed by atoms with van der Waals surface area (Å²) in [5.41, 5.74) is 2.15. The highest BCUT2D eigenvalue weighted by Gasteiger charge is 1.98. The van der Waals surface area contributed by atoms with Crippen molar-refractivity contribution in [3.05, 3.63) is 36.0 Å². The number of aromatic nitrogens is 2. The van der Waals surface area contributed by atoms with Gasteiger partial charge in [-0.3, -0.25) is 9.89 Å². The zero-order chi connectivity index (χ0) is 11.4. The second-order valence-corrected chi connectivity index (χ2v) is 4.58. The maximum atomic E-state index is 10.7. The first-order valence-corrected chi connectivity index (χ1v) is 5.98. The number of nitrogens with one attached hydrogen (secondary N) is 1. The molecule has 0 aliphatic carbocycles. The summed E-state index contributed by atoms with van der Waals surface area (Å²) in [6, 6.07) is 6.01. The highest BCUT2D eigenvalue weighted by atomic mass is 32.2. The summed E-state index contributed by atoms with van der Waals surface area (Å²) >= 11 is 1.31. The van der Waals surface area contributed by atoms with Crippen molar-refractivity contribution in [2.45, 2.75) is 6.92 Å². The molecule has 0 spiro atoms. The molecule has 0 amide bonds.